The number of hydrogen-bond acceptors (Lipinski definition) is 3. The van der Waals surface area contributed by atoms with Crippen LogP contribution in [0, 0.1) is 11.3 Å². The minimum atomic E-state index is -2.00. The topological polar surface area (TPSA) is 21.7 Å². The summed E-state index contributed by atoms with van der Waals surface area (Å²) in [5.41, 5.74) is 4.11. The Labute approximate surface area is 226 Å². The Balaban J connectivity index is 1.79. The van der Waals surface area contributed by atoms with E-state index in [1.165, 1.54) is 19.0 Å². The van der Waals surface area contributed by atoms with E-state index in [-0.39, 0.29) is 5.41 Å². The molecule has 2 aromatic carbocycles. The van der Waals surface area contributed by atoms with E-state index in [9.17, 15) is 0 Å². The first kappa shape index (κ1) is 28.2. The predicted octanol–water partition coefficient (Wildman–Crippen LogP) is 6.98. The summed E-state index contributed by atoms with van der Waals surface area (Å²) in [6, 6.07) is 21.0. The van der Waals surface area contributed by atoms with Crippen molar-refractivity contribution in [3.63, 3.8) is 0 Å². The third kappa shape index (κ3) is 9.27. The molecule has 0 spiro atoms. The summed E-state index contributed by atoms with van der Waals surface area (Å²) in [6.07, 6.45) is 2.22. The van der Waals surface area contributed by atoms with Gasteiger partial charge in [-0.05, 0) is 0 Å². The van der Waals surface area contributed by atoms with Crippen LogP contribution >= 0.6 is 22.6 Å². The third-order valence-corrected chi connectivity index (χ3v) is 12.2. The van der Waals surface area contributed by atoms with Crippen molar-refractivity contribution in [1.29, 1.82) is 0 Å². The Morgan fingerprint density at radius 2 is 1.44 bits per heavy atom. The monoisotopic (exact) mass is 680 g/mol. The zero-order valence-electron chi connectivity index (χ0n) is 21.5. The van der Waals surface area contributed by atoms with Gasteiger partial charge >= 0.3 is 227 Å². The van der Waals surface area contributed by atoms with Crippen molar-refractivity contribution in [2.24, 2.45) is 11.3 Å². The standard InChI is InChI=1S/C25H31BINO2.3CH3.Sn/c1-20-14-25(15-23(20)24(27)26-28(2)3,18-29-16-21-10-6-4-7-11-21)19-30-17-22-12-8-5-9-13-22;;;;/h4-13,20H,1,14-19H2,2-3H3;3*1H3;. The van der Waals surface area contributed by atoms with Crippen LogP contribution in [0.25, 0.3) is 0 Å². The number of halogens is 1. The second-order valence-electron chi connectivity index (χ2n) is 11.3. The van der Waals surface area contributed by atoms with Crippen LogP contribution in [0.3, 0.4) is 0 Å². The van der Waals surface area contributed by atoms with Crippen molar-refractivity contribution in [2.75, 3.05) is 27.3 Å². The SMILES string of the molecule is CN(C)[B]C(I)=C1CC(COCc2ccccc2)(COCc2ccccc2)CC1[CH2][Sn]([CH3])([CH3])[CH3]. The molecule has 6 heteroatoms. The molecule has 0 bridgehead atoms. The molecule has 0 amide bonds. The fourth-order valence-electron chi connectivity index (χ4n) is 4.97. The molecule has 0 saturated heterocycles. The van der Waals surface area contributed by atoms with Gasteiger partial charge in [0.25, 0.3) is 0 Å². The van der Waals surface area contributed by atoms with Gasteiger partial charge < -0.3 is 0 Å². The van der Waals surface area contributed by atoms with Crippen LogP contribution in [0.1, 0.15) is 24.0 Å². The van der Waals surface area contributed by atoms with Gasteiger partial charge in [-0.3, -0.25) is 0 Å². The summed E-state index contributed by atoms with van der Waals surface area (Å²) in [5.74, 6) is 0.638. The molecule has 0 N–H and O–H groups in total. The predicted molar refractivity (Wildman–Crippen MR) is 156 cm³/mol. The molecule has 34 heavy (non-hydrogen) atoms. The maximum absolute atomic E-state index is 6.39. The van der Waals surface area contributed by atoms with Crippen molar-refractivity contribution < 1.29 is 9.47 Å². The number of ether oxygens (including phenoxy) is 2. The van der Waals surface area contributed by atoms with E-state index in [0.29, 0.717) is 19.1 Å². The Morgan fingerprint density at radius 3 is 1.88 bits per heavy atom. The molecule has 2 aromatic rings. The molecular weight excluding hydrogens is 639 g/mol. The van der Waals surface area contributed by atoms with Crippen molar-refractivity contribution in [3.8, 4) is 0 Å². The normalized spacial score (nSPS) is 19.4. The van der Waals surface area contributed by atoms with Crippen molar-refractivity contribution in [2.45, 2.75) is 45.3 Å². The molecule has 1 aliphatic rings. The maximum atomic E-state index is 6.39. The Hall–Kier alpha value is -0.346. The van der Waals surface area contributed by atoms with Gasteiger partial charge in [0.1, 0.15) is 0 Å². The van der Waals surface area contributed by atoms with E-state index >= 15 is 0 Å². The van der Waals surface area contributed by atoms with Gasteiger partial charge in [-0.1, -0.05) is 0 Å². The van der Waals surface area contributed by atoms with Gasteiger partial charge in [0.05, 0.1) is 0 Å². The molecule has 1 unspecified atom stereocenters. The summed E-state index contributed by atoms with van der Waals surface area (Å²) in [4.78, 5) is 9.86. The second-order valence-corrected chi connectivity index (χ2v) is 28.2. The first-order valence-corrected chi connectivity index (χ1v) is 23.9. The number of benzene rings is 2. The van der Waals surface area contributed by atoms with Gasteiger partial charge in [-0.25, -0.2) is 0 Å². The van der Waals surface area contributed by atoms with Crippen LogP contribution in [0.5, 0.6) is 0 Å². The molecule has 1 radical (unpaired) electrons. The van der Waals surface area contributed by atoms with Crippen LogP contribution in [-0.2, 0) is 22.7 Å². The molecule has 183 valence electrons. The number of allylic oxidation sites excluding steroid dienone is 1. The van der Waals surface area contributed by atoms with E-state index < -0.39 is 18.4 Å². The summed E-state index contributed by atoms with van der Waals surface area (Å²) in [6.45, 7) is 2.79. The second kappa shape index (κ2) is 13.3. The Bertz CT molecular complexity index is 870. The van der Waals surface area contributed by atoms with Crippen LogP contribution in [0.2, 0.25) is 19.3 Å². The number of rotatable bonds is 12. The number of nitrogens with zero attached hydrogens (tertiary/aromatic N) is 1. The molecule has 3 rings (SSSR count). The average Bonchev–Trinajstić information content (AvgIpc) is 3.11. The Morgan fingerprint density at radius 1 is 0.941 bits per heavy atom. The summed E-state index contributed by atoms with van der Waals surface area (Å²) in [5, 5.41) is 0. The molecule has 1 fully saturated rings. The fraction of sp³-hybridized carbons (Fsp3) is 0.500. The van der Waals surface area contributed by atoms with Gasteiger partial charge in [-0.15, -0.1) is 0 Å². The van der Waals surface area contributed by atoms with E-state index in [0.717, 1.165) is 26.1 Å². The summed E-state index contributed by atoms with van der Waals surface area (Å²) in [7, 11) is 6.52. The van der Waals surface area contributed by atoms with Crippen molar-refractivity contribution >= 4 is 48.4 Å². The van der Waals surface area contributed by atoms with Crippen molar-refractivity contribution in [3.05, 3.63) is 80.8 Å². The molecular formula is C28H40BINO2Sn. The quantitative estimate of drug-likeness (QED) is 0.179. The molecule has 0 heterocycles. The summed E-state index contributed by atoms with van der Waals surface area (Å²) < 4.78 is 15.6. The molecule has 1 atom stereocenters. The van der Waals surface area contributed by atoms with Gasteiger partial charge in [0, 0.05) is 0 Å². The van der Waals surface area contributed by atoms with Gasteiger partial charge in [0.15, 0.2) is 0 Å². The van der Waals surface area contributed by atoms with E-state index in [4.69, 9.17) is 9.47 Å². The van der Waals surface area contributed by atoms with E-state index in [1.807, 2.05) is 0 Å². The van der Waals surface area contributed by atoms with E-state index in [1.54, 1.807) is 5.57 Å². The van der Waals surface area contributed by atoms with E-state index in [2.05, 4.69) is 124 Å². The molecule has 0 aliphatic heterocycles. The molecule has 3 nitrogen and oxygen atoms in total. The molecule has 1 saturated carbocycles. The van der Waals surface area contributed by atoms with Crippen molar-refractivity contribution in [1.82, 2.24) is 4.81 Å². The number of hydrogen-bond donors (Lipinski definition) is 0. The molecule has 0 aromatic heterocycles. The average molecular weight is 679 g/mol. The third-order valence-electron chi connectivity index (χ3n) is 6.31. The van der Waals surface area contributed by atoms with Gasteiger partial charge in [0.2, 0.25) is 0 Å². The van der Waals surface area contributed by atoms with Crippen LogP contribution in [-0.4, -0.2) is 57.9 Å². The minimum absolute atomic E-state index is 0.0251. The van der Waals surface area contributed by atoms with Crippen LogP contribution < -0.4 is 0 Å². The Kier molecular flexibility index (Phi) is 11.0. The van der Waals surface area contributed by atoms with Crippen LogP contribution in [0.15, 0.2) is 69.7 Å². The summed E-state index contributed by atoms with van der Waals surface area (Å²) >= 11 is 0.565. The molecule has 1 aliphatic carbocycles. The zero-order valence-corrected chi connectivity index (χ0v) is 26.5. The van der Waals surface area contributed by atoms with Gasteiger partial charge in [-0.2, -0.15) is 0 Å². The first-order valence-electron chi connectivity index (χ1n) is 12.3. The zero-order chi connectivity index (χ0) is 24.6. The first-order chi connectivity index (χ1) is 16.2. The van der Waals surface area contributed by atoms with Crippen LogP contribution in [0.4, 0.5) is 0 Å². The fourth-order valence-corrected chi connectivity index (χ4v) is 11.5.